The smallest absolute Gasteiger partial charge is 0.273 e. The molecule has 3 amide bonds. The van der Waals surface area contributed by atoms with Gasteiger partial charge in [0, 0.05) is 13.1 Å². The van der Waals surface area contributed by atoms with E-state index in [2.05, 4.69) is 9.98 Å². The molecule has 0 aromatic heterocycles. The molecule has 0 saturated carbocycles. The zero-order valence-corrected chi connectivity index (χ0v) is 12.1. The van der Waals surface area contributed by atoms with Gasteiger partial charge >= 0.3 is 6.03 Å². The molecular formula is C15H14FN4O2+. The van der Waals surface area contributed by atoms with Gasteiger partial charge in [0.05, 0.1) is 24.6 Å². The molecule has 0 spiro atoms. The SMILES string of the molecule is CN1C(=O)C2C(=Nc3ccccc3F)C=C[NH+]=C2N(C)C1=O. The van der Waals surface area contributed by atoms with Gasteiger partial charge in [-0.15, -0.1) is 0 Å². The number of urea groups is 1. The quantitative estimate of drug-likeness (QED) is 0.796. The van der Waals surface area contributed by atoms with Crippen molar-refractivity contribution in [2.75, 3.05) is 14.1 Å². The number of amidine groups is 1. The van der Waals surface area contributed by atoms with Crippen molar-refractivity contribution in [3.63, 3.8) is 0 Å². The Bertz CT molecular complexity index is 754. The highest BCUT2D eigenvalue weighted by Gasteiger charge is 2.49. The Balaban J connectivity index is 2.07. The molecular weight excluding hydrogens is 287 g/mol. The number of fused-ring (bicyclic) bond motifs is 1. The van der Waals surface area contributed by atoms with E-state index in [4.69, 9.17) is 0 Å². The van der Waals surface area contributed by atoms with Crippen molar-refractivity contribution in [3.8, 4) is 0 Å². The lowest BCUT2D eigenvalue weighted by molar-refractivity contribution is -0.382. The standard InChI is InChI=1S/C15H13FN4O2/c1-19-13-12(14(21)20(2)15(19)22)11(7-8-17-13)18-10-6-4-3-5-9(10)16/h3-8,12H,1-2H3/p+1. The fraction of sp³-hybridized carbons (Fsp3) is 0.200. The summed E-state index contributed by atoms with van der Waals surface area (Å²) in [5, 5.41) is 0. The number of allylic oxidation sites excluding steroid dienone is 1. The fourth-order valence-corrected chi connectivity index (χ4v) is 2.47. The molecule has 7 heteroatoms. The van der Waals surface area contributed by atoms with Crippen LogP contribution in [0.3, 0.4) is 0 Å². The number of nitrogens with zero attached hydrogens (tertiary/aromatic N) is 3. The first-order chi connectivity index (χ1) is 10.5. The molecule has 3 rings (SSSR count). The number of hydrogen-bond donors (Lipinski definition) is 1. The second-order valence-electron chi connectivity index (χ2n) is 5.02. The number of hydrogen-bond acceptors (Lipinski definition) is 3. The van der Waals surface area contributed by atoms with E-state index in [9.17, 15) is 14.0 Å². The number of para-hydroxylation sites is 1. The lowest BCUT2D eigenvalue weighted by atomic mass is 9.95. The molecule has 1 N–H and O–H groups in total. The third kappa shape index (κ3) is 2.11. The summed E-state index contributed by atoms with van der Waals surface area (Å²) in [7, 11) is 2.98. The van der Waals surface area contributed by atoms with Crippen molar-refractivity contribution >= 4 is 29.2 Å². The summed E-state index contributed by atoms with van der Waals surface area (Å²) in [5.74, 6) is -1.20. The number of rotatable bonds is 1. The Hall–Kier alpha value is -2.83. The van der Waals surface area contributed by atoms with Crippen LogP contribution in [0.2, 0.25) is 0 Å². The summed E-state index contributed by atoms with van der Waals surface area (Å²) in [6, 6.07) is 5.65. The van der Waals surface area contributed by atoms with Gasteiger partial charge in [-0.3, -0.25) is 4.79 Å². The third-order valence-corrected chi connectivity index (χ3v) is 3.67. The maximum absolute atomic E-state index is 13.8. The van der Waals surface area contributed by atoms with Crippen molar-refractivity contribution in [1.29, 1.82) is 0 Å². The van der Waals surface area contributed by atoms with Gasteiger partial charge in [0.2, 0.25) is 0 Å². The maximum atomic E-state index is 13.8. The average molecular weight is 301 g/mol. The Morgan fingerprint density at radius 1 is 1.18 bits per heavy atom. The minimum atomic E-state index is -0.752. The molecule has 0 bridgehead atoms. The van der Waals surface area contributed by atoms with Gasteiger partial charge < -0.3 is 0 Å². The summed E-state index contributed by atoms with van der Waals surface area (Å²) < 4.78 is 13.8. The molecule has 2 aliphatic rings. The summed E-state index contributed by atoms with van der Waals surface area (Å²) >= 11 is 0. The number of nitrogens with one attached hydrogen (secondary N) is 1. The Morgan fingerprint density at radius 3 is 2.64 bits per heavy atom. The van der Waals surface area contributed by atoms with E-state index in [1.807, 2.05) is 0 Å². The molecule has 1 aromatic rings. The van der Waals surface area contributed by atoms with E-state index in [-0.39, 0.29) is 5.69 Å². The normalized spacial score (nSPS) is 23.0. The van der Waals surface area contributed by atoms with E-state index in [1.165, 1.54) is 24.1 Å². The van der Waals surface area contributed by atoms with Crippen LogP contribution < -0.4 is 4.99 Å². The second-order valence-corrected chi connectivity index (χ2v) is 5.02. The first kappa shape index (κ1) is 14.1. The molecule has 0 aliphatic carbocycles. The van der Waals surface area contributed by atoms with E-state index in [1.54, 1.807) is 31.5 Å². The zero-order chi connectivity index (χ0) is 15.9. The molecule has 1 fully saturated rings. The van der Waals surface area contributed by atoms with Gasteiger partial charge in [-0.05, 0) is 12.1 Å². The van der Waals surface area contributed by atoms with Crippen LogP contribution in [0.25, 0.3) is 0 Å². The van der Waals surface area contributed by atoms with Gasteiger partial charge in [-0.1, -0.05) is 12.1 Å². The predicted octanol–water partition coefficient (Wildman–Crippen LogP) is 0.0446. The highest BCUT2D eigenvalue weighted by Crippen LogP contribution is 2.22. The van der Waals surface area contributed by atoms with Crippen molar-refractivity contribution in [2.45, 2.75) is 0 Å². The minimum Gasteiger partial charge on any atom is -0.273 e. The predicted molar refractivity (Wildman–Crippen MR) is 78.0 cm³/mol. The van der Waals surface area contributed by atoms with Crippen LogP contribution in [0.15, 0.2) is 41.5 Å². The second kappa shape index (κ2) is 5.18. The van der Waals surface area contributed by atoms with Crippen molar-refractivity contribution in [1.82, 2.24) is 9.80 Å². The monoisotopic (exact) mass is 301 g/mol. The molecule has 0 radical (unpaired) electrons. The summed E-state index contributed by atoms with van der Waals surface area (Å²) in [4.78, 5) is 33.9. The molecule has 2 heterocycles. The number of carbonyl (C=O) groups is 2. The number of imide groups is 1. The number of aliphatic imine (C=N–C) groups is 1. The van der Waals surface area contributed by atoms with Crippen LogP contribution in [-0.2, 0) is 4.79 Å². The molecule has 1 unspecified atom stereocenters. The minimum absolute atomic E-state index is 0.151. The highest BCUT2D eigenvalue weighted by molar-refractivity contribution is 6.30. The van der Waals surface area contributed by atoms with Gasteiger partial charge in [-0.2, -0.15) is 4.90 Å². The number of carbonyl (C=O) groups excluding carboxylic acids is 2. The topological polar surface area (TPSA) is 67.0 Å². The van der Waals surface area contributed by atoms with Crippen LogP contribution in [-0.4, -0.2) is 47.4 Å². The Labute approximate surface area is 126 Å². The number of halogens is 1. The highest BCUT2D eigenvalue weighted by atomic mass is 19.1. The molecule has 2 aliphatic heterocycles. The summed E-state index contributed by atoms with van der Waals surface area (Å²) in [6.07, 6.45) is 3.18. The molecule has 1 saturated heterocycles. The van der Waals surface area contributed by atoms with Crippen LogP contribution in [0, 0.1) is 11.7 Å². The van der Waals surface area contributed by atoms with Gasteiger partial charge in [0.15, 0.2) is 5.92 Å². The first-order valence-corrected chi connectivity index (χ1v) is 6.69. The van der Waals surface area contributed by atoms with E-state index in [0.29, 0.717) is 11.5 Å². The van der Waals surface area contributed by atoms with Crippen LogP contribution in [0.4, 0.5) is 14.9 Å². The first-order valence-electron chi connectivity index (χ1n) is 6.69. The largest absolute Gasteiger partial charge is 0.417 e. The Morgan fingerprint density at radius 2 is 1.91 bits per heavy atom. The summed E-state index contributed by atoms with van der Waals surface area (Å²) in [6.45, 7) is 0. The molecule has 6 nitrogen and oxygen atoms in total. The van der Waals surface area contributed by atoms with E-state index < -0.39 is 23.7 Å². The fourth-order valence-electron chi connectivity index (χ4n) is 2.47. The summed E-state index contributed by atoms with van der Waals surface area (Å²) in [5.41, 5.74) is 0.536. The molecule has 1 aromatic carbocycles. The lowest BCUT2D eigenvalue weighted by Crippen LogP contribution is -2.79. The maximum Gasteiger partial charge on any atom is 0.417 e. The van der Waals surface area contributed by atoms with Crippen LogP contribution in [0.1, 0.15) is 0 Å². The van der Waals surface area contributed by atoms with Crippen molar-refractivity contribution < 1.29 is 19.0 Å². The Kier molecular flexibility index (Phi) is 3.32. The lowest BCUT2D eigenvalue weighted by Gasteiger charge is -2.31. The number of amides is 3. The van der Waals surface area contributed by atoms with Gasteiger partial charge in [0.25, 0.3) is 11.7 Å². The molecule has 22 heavy (non-hydrogen) atoms. The van der Waals surface area contributed by atoms with Gasteiger partial charge in [-0.25, -0.2) is 24.1 Å². The van der Waals surface area contributed by atoms with Crippen LogP contribution >= 0.6 is 0 Å². The van der Waals surface area contributed by atoms with E-state index >= 15 is 0 Å². The average Bonchev–Trinajstić information content (AvgIpc) is 2.53. The zero-order valence-electron chi connectivity index (χ0n) is 12.1. The molecule has 112 valence electrons. The van der Waals surface area contributed by atoms with Gasteiger partial charge in [0.1, 0.15) is 5.82 Å². The van der Waals surface area contributed by atoms with Crippen molar-refractivity contribution in [2.24, 2.45) is 10.9 Å². The van der Waals surface area contributed by atoms with Crippen molar-refractivity contribution in [3.05, 3.63) is 42.4 Å². The van der Waals surface area contributed by atoms with Crippen LogP contribution in [0.5, 0.6) is 0 Å². The van der Waals surface area contributed by atoms with E-state index in [0.717, 1.165) is 4.90 Å². The molecule has 1 atom stereocenters. The number of benzene rings is 1. The third-order valence-electron chi connectivity index (χ3n) is 3.67.